The molecule has 0 spiro atoms. The van der Waals surface area contributed by atoms with E-state index < -0.39 is 5.97 Å². The lowest BCUT2D eigenvalue weighted by Gasteiger charge is -2.19. The third-order valence-electron chi connectivity index (χ3n) is 4.19. The molecule has 0 amide bonds. The van der Waals surface area contributed by atoms with Gasteiger partial charge in [-0.05, 0) is 18.6 Å². The van der Waals surface area contributed by atoms with Crippen LogP contribution in [0.4, 0.5) is 11.4 Å². The molecule has 0 saturated carbocycles. The minimum absolute atomic E-state index is 0.0534. The Morgan fingerprint density at radius 2 is 2.27 bits per heavy atom. The number of carboxylic acids is 1. The number of carboxylic acid groups (broad SMARTS) is 1. The molecule has 0 radical (unpaired) electrons. The summed E-state index contributed by atoms with van der Waals surface area (Å²) in [5, 5.41) is 18.5. The first kappa shape index (κ1) is 14.6. The van der Waals surface area contributed by atoms with E-state index >= 15 is 0 Å². The van der Waals surface area contributed by atoms with E-state index in [4.69, 9.17) is 10.8 Å². The lowest BCUT2D eigenvalue weighted by Crippen LogP contribution is -2.22. The molecule has 118 valence electrons. The van der Waals surface area contributed by atoms with Crippen molar-refractivity contribution in [2.24, 2.45) is 7.05 Å². The molecule has 1 aromatic carbocycles. The third-order valence-corrected chi connectivity index (χ3v) is 4.19. The lowest BCUT2D eigenvalue weighted by molar-refractivity contribution is -0.137. The number of aromatic nitrogens is 2. The first-order valence-corrected chi connectivity index (χ1v) is 7.35. The van der Waals surface area contributed by atoms with Crippen molar-refractivity contribution in [1.29, 1.82) is 0 Å². The molecule has 4 N–H and O–H groups in total. The molecule has 2 aromatic rings. The van der Waals surface area contributed by atoms with E-state index in [1.165, 1.54) is 0 Å². The first-order valence-electron chi connectivity index (χ1n) is 7.35. The van der Waals surface area contributed by atoms with Crippen molar-refractivity contribution in [1.82, 2.24) is 9.55 Å². The number of benzene rings is 1. The highest BCUT2D eigenvalue weighted by Gasteiger charge is 2.23. The van der Waals surface area contributed by atoms with Crippen LogP contribution in [0.2, 0.25) is 0 Å². The Kier molecular flexibility index (Phi) is 3.66. The molecule has 2 heterocycles. The lowest BCUT2D eigenvalue weighted by atomic mass is 10.2. The predicted molar refractivity (Wildman–Crippen MR) is 83.9 cm³/mol. The molecule has 7 heteroatoms. The van der Waals surface area contributed by atoms with Gasteiger partial charge in [0, 0.05) is 26.6 Å². The van der Waals surface area contributed by atoms with Crippen LogP contribution in [0.5, 0.6) is 0 Å². The maximum atomic E-state index is 10.7. The van der Waals surface area contributed by atoms with Gasteiger partial charge in [0.25, 0.3) is 0 Å². The van der Waals surface area contributed by atoms with Crippen LogP contribution in [0, 0.1) is 0 Å². The zero-order chi connectivity index (χ0) is 15.9. The second-order valence-corrected chi connectivity index (χ2v) is 5.77. The molecule has 0 aliphatic carbocycles. The van der Waals surface area contributed by atoms with Crippen molar-refractivity contribution in [2.75, 3.05) is 23.7 Å². The fourth-order valence-corrected chi connectivity index (χ4v) is 2.97. The fourth-order valence-electron chi connectivity index (χ4n) is 2.97. The highest BCUT2D eigenvalue weighted by molar-refractivity contribution is 5.88. The summed E-state index contributed by atoms with van der Waals surface area (Å²) in [4.78, 5) is 17.3. The molecule has 22 heavy (non-hydrogen) atoms. The summed E-state index contributed by atoms with van der Waals surface area (Å²) in [6.45, 7) is 1.35. The smallest absolute Gasteiger partial charge is 0.303 e. The number of nitrogen functional groups attached to an aromatic ring is 1. The van der Waals surface area contributed by atoms with Gasteiger partial charge in [-0.1, -0.05) is 0 Å². The van der Waals surface area contributed by atoms with Crippen LogP contribution in [-0.4, -0.2) is 44.9 Å². The topological polar surface area (TPSA) is 105 Å². The van der Waals surface area contributed by atoms with Gasteiger partial charge in [0.1, 0.15) is 5.82 Å². The molecule has 1 atom stereocenters. The van der Waals surface area contributed by atoms with Gasteiger partial charge < -0.3 is 25.4 Å². The maximum absolute atomic E-state index is 10.7. The van der Waals surface area contributed by atoms with Gasteiger partial charge >= 0.3 is 5.97 Å². The van der Waals surface area contributed by atoms with Gasteiger partial charge in [-0.2, -0.15) is 0 Å². The molecule has 0 bridgehead atoms. The zero-order valence-electron chi connectivity index (χ0n) is 12.5. The Labute approximate surface area is 128 Å². The van der Waals surface area contributed by atoms with Crippen molar-refractivity contribution >= 4 is 28.4 Å². The average molecular weight is 304 g/mol. The number of fused-ring (bicyclic) bond motifs is 1. The molecular formula is C15H20N4O3. The molecule has 1 saturated heterocycles. The highest BCUT2D eigenvalue weighted by Crippen LogP contribution is 2.31. The van der Waals surface area contributed by atoms with Crippen molar-refractivity contribution in [3.63, 3.8) is 0 Å². The Bertz CT molecular complexity index is 725. The molecule has 1 unspecified atom stereocenters. The molecule has 7 nitrogen and oxygen atoms in total. The summed E-state index contributed by atoms with van der Waals surface area (Å²) in [6.07, 6.45) is 0.865. The van der Waals surface area contributed by atoms with Crippen LogP contribution >= 0.6 is 0 Å². The van der Waals surface area contributed by atoms with E-state index in [0.717, 1.165) is 35.5 Å². The van der Waals surface area contributed by atoms with Crippen LogP contribution in [-0.2, 0) is 18.3 Å². The van der Waals surface area contributed by atoms with Crippen LogP contribution < -0.4 is 10.6 Å². The van der Waals surface area contributed by atoms with Gasteiger partial charge in [0.05, 0.1) is 34.9 Å². The summed E-state index contributed by atoms with van der Waals surface area (Å²) in [5.74, 6) is -0.103. The van der Waals surface area contributed by atoms with E-state index in [9.17, 15) is 9.90 Å². The Balaban J connectivity index is 1.97. The number of aliphatic hydroxyl groups is 1. The van der Waals surface area contributed by atoms with Gasteiger partial charge in [-0.25, -0.2) is 4.98 Å². The predicted octanol–water partition coefficient (Wildman–Crippen LogP) is 0.744. The van der Waals surface area contributed by atoms with Gasteiger partial charge in [-0.15, -0.1) is 0 Å². The Hall–Kier alpha value is -2.28. The number of anilines is 2. The van der Waals surface area contributed by atoms with Gasteiger partial charge in [0.15, 0.2) is 0 Å². The third kappa shape index (κ3) is 2.59. The number of hydrogen-bond acceptors (Lipinski definition) is 5. The second-order valence-electron chi connectivity index (χ2n) is 5.77. The minimum Gasteiger partial charge on any atom is -0.481 e. The standard InChI is InChI=1S/C15H20N4O3/c1-18-13-6-10(16)12(19-5-4-9(20)8-19)7-11(13)17-14(18)2-3-15(21)22/h6-7,9,20H,2-5,8,16H2,1H3,(H,21,22). The Morgan fingerprint density at radius 3 is 2.91 bits per heavy atom. The summed E-state index contributed by atoms with van der Waals surface area (Å²) in [6, 6.07) is 3.79. The summed E-state index contributed by atoms with van der Waals surface area (Å²) < 4.78 is 1.89. The normalized spacial score (nSPS) is 18.3. The number of hydrogen-bond donors (Lipinski definition) is 3. The van der Waals surface area contributed by atoms with Crippen molar-refractivity contribution in [3.8, 4) is 0 Å². The number of aryl methyl sites for hydroxylation is 2. The largest absolute Gasteiger partial charge is 0.481 e. The summed E-state index contributed by atoms with van der Waals surface area (Å²) >= 11 is 0. The fraction of sp³-hybridized carbons (Fsp3) is 0.467. The van der Waals surface area contributed by atoms with Crippen LogP contribution in [0.15, 0.2) is 12.1 Å². The second kappa shape index (κ2) is 5.49. The quantitative estimate of drug-likeness (QED) is 0.720. The number of imidazole rings is 1. The first-order chi connectivity index (χ1) is 10.5. The number of β-amino-alcohol motifs (C(OH)–C–C–N with tert-alkyl or cyclic N) is 1. The molecule has 1 aliphatic heterocycles. The molecule has 1 aliphatic rings. The average Bonchev–Trinajstić information content (AvgIpc) is 3.01. The van der Waals surface area contributed by atoms with Crippen molar-refractivity contribution in [2.45, 2.75) is 25.4 Å². The van der Waals surface area contributed by atoms with Gasteiger partial charge in [-0.3, -0.25) is 4.79 Å². The van der Waals surface area contributed by atoms with E-state index in [2.05, 4.69) is 9.88 Å². The minimum atomic E-state index is -0.835. The molecule has 1 fully saturated rings. The number of carbonyl (C=O) groups is 1. The van der Waals surface area contributed by atoms with Crippen molar-refractivity contribution in [3.05, 3.63) is 18.0 Å². The number of nitrogens with zero attached hydrogens (tertiary/aromatic N) is 3. The van der Waals surface area contributed by atoms with E-state index in [1.807, 2.05) is 23.7 Å². The van der Waals surface area contributed by atoms with Crippen molar-refractivity contribution < 1.29 is 15.0 Å². The molecular weight excluding hydrogens is 284 g/mol. The number of aliphatic carboxylic acids is 1. The Morgan fingerprint density at radius 1 is 1.50 bits per heavy atom. The van der Waals surface area contributed by atoms with Crippen LogP contribution in [0.25, 0.3) is 11.0 Å². The monoisotopic (exact) mass is 304 g/mol. The summed E-state index contributed by atoms with van der Waals surface area (Å²) in [7, 11) is 1.87. The van der Waals surface area contributed by atoms with Crippen LogP contribution in [0.1, 0.15) is 18.7 Å². The van der Waals surface area contributed by atoms with Gasteiger partial charge in [0.2, 0.25) is 0 Å². The van der Waals surface area contributed by atoms with E-state index in [0.29, 0.717) is 18.7 Å². The number of aliphatic hydroxyl groups excluding tert-OH is 1. The van der Waals surface area contributed by atoms with E-state index in [1.54, 1.807) is 0 Å². The molecule has 3 rings (SSSR count). The number of rotatable bonds is 4. The van der Waals surface area contributed by atoms with Crippen LogP contribution in [0.3, 0.4) is 0 Å². The molecule has 1 aromatic heterocycles. The highest BCUT2D eigenvalue weighted by atomic mass is 16.4. The summed E-state index contributed by atoms with van der Waals surface area (Å²) in [5.41, 5.74) is 9.37. The SMILES string of the molecule is Cn1c(CCC(=O)O)nc2cc(N3CCC(O)C3)c(N)cc21. The van der Waals surface area contributed by atoms with E-state index in [-0.39, 0.29) is 12.5 Å². The zero-order valence-corrected chi connectivity index (χ0v) is 12.5. The maximum Gasteiger partial charge on any atom is 0.303 e. The number of nitrogens with two attached hydrogens (primary N) is 1.